The Labute approximate surface area is 168 Å². The summed E-state index contributed by atoms with van der Waals surface area (Å²) < 4.78 is 0. The van der Waals surface area contributed by atoms with Crippen molar-refractivity contribution in [3.05, 3.63) is 55.5 Å². The molecule has 2 aromatic carbocycles. The molecule has 136 valence electrons. The molecule has 0 saturated heterocycles. The molecule has 0 aliphatic rings. The highest BCUT2D eigenvalue weighted by molar-refractivity contribution is 6.37. The van der Waals surface area contributed by atoms with Crippen LogP contribution in [-0.4, -0.2) is 10.2 Å². The van der Waals surface area contributed by atoms with Crippen LogP contribution in [0.25, 0.3) is 0 Å². The van der Waals surface area contributed by atoms with E-state index in [4.69, 9.17) is 46.4 Å². The first-order valence-electron chi connectivity index (χ1n) is 8.13. The molecule has 0 bridgehead atoms. The van der Waals surface area contributed by atoms with Crippen LogP contribution in [0.5, 0.6) is 11.5 Å². The lowest BCUT2D eigenvalue weighted by Gasteiger charge is -2.36. The van der Waals surface area contributed by atoms with Gasteiger partial charge in [0.05, 0.1) is 20.1 Å². The lowest BCUT2D eigenvalue weighted by molar-refractivity contribution is 0.422. The van der Waals surface area contributed by atoms with Crippen molar-refractivity contribution >= 4 is 46.4 Å². The summed E-state index contributed by atoms with van der Waals surface area (Å²) >= 11 is 24.7. The van der Waals surface area contributed by atoms with Gasteiger partial charge in [0.25, 0.3) is 0 Å². The Bertz CT molecular complexity index is 663. The van der Waals surface area contributed by atoms with Crippen LogP contribution in [0.4, 0.5) is 0 Å². The van der Waals surface area contributed by atoms with Gasteiger partial charge in [-0.15, -0.1) is 0 Å². The smallest absolute Gasteiger partial charge is 0.152 e. The number of benzene rings is 2. The number of phenols is 2. The molecule has 0 unspecified atom stereocenters. The van der Waals surface area contributed by atoms with E-state index in [1.807, 2.05) is 0 Å². The Kier molecular flexibility index (Phi) is 6.78. The topological polar surface area (TPSA) is 40.5 Å². The van der Waals surface area contributed by atoms with Crippen molar-refractivity contribution in [3.63, 3.8) is 0 Å². The van der Waals surface area contributed by atoms with E-state index in [0.29, 0.717) is 0 Å². The van der Waals surface area contributed by atoms with E-state index in [1.165, 1.54) is 0 Å². The van der Waals surface area contributed by atoms with E-state index in [-0.39, 0.29) is 31.6 Å². The first kappa shape index (κ1) is 20.5. The van der Waals surface area contributed by atoms with Gasteiger partial charge in [-0.25, -0.2) is 0 Å². The molecule has 2 nitrogen and oxygen atoms in total. The predicted molar refractivity (Wildman–Crippen MR) is 107 cm³/mol. The fourth-order valence-corrected chi connectivity index (χ4v) is 4.38. The van der Waals surface area contributed by atoms with Gasteiger partial charge >= 0.3 is 0 Å². The van der Waals surface area contributed by atoms with Crippen LogP contribution < -0.4 is 0 Å². The summed E-state index contributed by atoms with van der Waals surface area (Å²) in [5, 5.41) is 20.6. The highest BCUT2D eigenvalue weighted by Gasteiger charge is 2.35. The third-order valence-corrected chi connectivity index (χ3v) is 5.64. The molecular formula is C19H20Cl4O2. The van der Waals surface area contributed by atoms with E-state index in [9.17, 15) is 10.2 Å². The number of halogens is 4. The molecule has 0 aromatic heterocycles. The first-order chi connectivity index (χ1) is 11.8. The second-order valence-corrected chi connectivity index (χ2v) is 7.79. The fraction of sp³-hybridized carbons (Fsp3) is 0.368. The lowest BCUT2D eigenvalue weighted by Crippen LogP contribution is -2.28. The van der Waals surface area contributed by atoms with Crippen molar-refractivity contribution in [2.45, 2.75) is 44.9 Å². The lowest BCUT2D eigenvalue weighted by atomic mass is 9.68. The van der Waals surface area contributed by atoms with Gasteiger partial charge in [-0.05, 0) is 48.2 Å². The third kappa shape index (κ3) is 3.98. The van der Waals surface area contributed by atoms with Gasteiger partial charge in [0, 0.05) is 5.41 Å². The molecule has 0 spiro atoms. The van der Waals surface area contributed by atoms with Gasteiger partial charge in [0.1, 0.15) is 0 Å². The van der Waals surface area contributed by atoms with Gasteiger partial charge in [-0.2, -0.15) is 0 Å². The average Bonchev–Trinajstić information content (AvgIpc) is 2.56. The minimum Gasteiger partial charge on any atom is -0.505 e. The highest BCUT2D eigenvalue weighted by Crippen LogP contribution is 2.47. The Balaban J connectivity index is 2.78. The van der Waals surface area contributed by atoms with E-state index in [2.05, 4.69) is 13.8 Å². The summed E-state index contributed by atoms with van der Waals surface area (Å²) in [5.74, 6) is -0.258. The predicted octanol–water partition coefficient (Wildman–Crippen LogP) is 7.60. The Morgan fingerprint density at radius 1 is 0.680 bits per heavy atom. The van der Waals surface area contributed by atoms with Gasteiger partial charge in [-0.1, -0.05) is 73.1 Å². The standard InChI is InChI=1S/C19H20Cl4O2/c1-3-5-19(6-4-2,11-7-13(20)17(24)14(21)8-11)12-9-15(22)18(25)16(23)10-12/h7-10,24-25H,3-6H2,1-2H3. The van der Waals surface area contributed by atoms with Crippen molar-refractivity contribution in [1.82, 2.24) is 0 Å². The molecule has 0 aliphatic carbocycles. The van der Waals surface area contributed by atoms with Gasteiger partial charge in [-0.3, -0.25) is 0 Å². The molecule has 2 N–H and O–H groups in total. The Morgan fingerprint density at radius 2 is 0.960 bits per heavy atom. The molecule has 2 aromatic rings. The average molecular weight is 422 g/mol. The highest BCUT2D eigenvalue weighted by atomic mass is 35.5. The summed E-state index contributed by atoms with van der Waals surface area (Å²) in [7, 11) is 0. The van der Waals surface area contributed by atoms with Crippen LogP contribution in [0, 0.1) is 0 Å². The minimum atomic E-state index is -0.425. The summed E-state index contributed by atoms with van der Waals surface area (Å²) in [5.41, 5.74) is 1.36. The maximum Gasteiger partial charge on any atom is 0.152 e. The van der Waals surface area contributed by atoms with E-state index >= 15 is 0 Å². The fourth-order valence-electron chi connectivity index (χ4n) is 3.41. The molecule has 0 aliphatic heterocycles. The molecular weight excluding hydrogens is 402 g/mol. The van der Waals surface area contributed by atoms with Crippen LogP contribution in [-0.2, 0) is 5.41 Å². The van der Waals surface area contributed by atoms with Gasteiger partial charge < -0.3 is 10.2 Å². The molecule has 0 radical (unpaired) electrons. The maximum atomic E-state index is 9.91. The van der Waals surface area contributed by atoms with Crippen LogP contribution in [0.1, 0.15) is 50.7 Å². The molecule has 0 saturated carbocycles. The third-order valence-electron chi connectivity index (χ3n) is 4.49. The molecule has 0 fully saturated rings. The van der Waals surface area contributed by atoms with Crippen LogP contribution in [0.2, 0.25) is 20.1 Å². The molecule has 0 atom stereocenters. The summed E-state index contributed by atoms with van der Waals surface area (Å²) in [6.07, 6.45) is 3.45. The van der Waals surface area contributed by atoms with Gasteiger partial charge in [0.15, 0.2) is 11.5 Å². The van der Waals surface area contributed by atoms with Crippen LogP contribution >= 0.6 is 46.4 Å². The van der Waals surface area contributed by atoms with Gasteiger partial charge in [0.2, 0.25) is 0 Å². The van der Waals surface area contributed by atoms with Crippen LogP contribution in [0.15, 0.2) is 24.3 Å². The normalized spacial score (nSPS) is 11.8. The first-order valence-corrected chi connectivity index (χ1v) is 9.65. The monoisotopic (exact) mass is 420 g/mol. The van der Waals surface area contributed by atoms with E-state index in [1.54, 1.807) is 24.3 Å². The molecule has 6 heteroatoms. The zero-order valence-corrected chi connectivity index (χ0v) is 17.1. The summed E-state index contributed by atoms with van der Waals surface area (Å²) in [6, 6.07) is 6.96. The Morgan fingerprint density at radius 3 is 1.20 bits per heavy atom. The SMILES string of the molecule is CCCC(CCC)(c1cc(Cl)c(O)c(Cl)c1)c1cc(Cl)c(O)c(Cl)c1. The number of aromatic hydroxyl groups is 2. The van der Waals surface area contributed by atoms with Crippen LogP contribution in [0.3, 0.4) is 0 Å². The molecule has 25 heavy (non-hydrogen) atoms. The second-order valence-electron chi connectivity index (χ2n) is 6.16. The number of hydrogen-bond acceptors (Lipinski definition) is 2. The summed E-state index contributed by atoms with van der Waals surface area (Å²) in [4.78, 5) is 0. The largest absolute Gasteiger partial charge is 0.505 e. The minimum absolute atomic E-state index is 0.129. The Hall–Kier alpha value is -0.800. The van der Waals surface area contributed by atoms with E-state index < -0.39 is 5.41 Å². The van der Waals surface area contributed by atoms with E-state index in [0.717, 1.165) is 36.8 Å². The second kappa shape index (κ2) is 8.26. The zero-order valence-electron chi connectivity index (χ0n) is 14.0. The van der Waals surface area contributed by atoms with Crippen molar-refractivity contribution < 1.29 is 10.2 Å². The summed E-state index contributed by atoms with van der Waals surface area (Å²) in [6.45, 7) is 4.19. The number of rotatable bonds is 6. The van der Waals surface area contributed by atoms with Crippen molar-refractivity contribution in [2.24, 2.45) is 0 Å². The molecule has 0 heterocycles. The van der Waals surface area contributed by atoms with Crippen molar-refractivity contribution in [2.75, 3.05) is 0 Å². The number of hydrogen-bond donors (Lipinski definition) is 2. The maximum absolute atomic E-state index is 9.91. The van der Waals surface area contributed by atoms with Crippen molar-refractivity contribution in [1.29, 1.82) is 0 Å². The molecule has 2 rings (SSSR count). The number of phenolic OH excluding ortho intramolecular Hbond substituents is 2. The quantitative estimate of drug-likeness (QED) is 0.503. The molecule has 0 amide bonds. The zero-order chi connectivity index (χ0) is 18.8. The van der Waals surface area contributed by atoms with Crippen molar-refractivity contribution in [3.8, 4) is 11.5 Å².